The largest absolute Gasteiger partial charge is 0.465 e. The molecule has 1 atom stereocenters. The number of carbonyl (C=O) groups is 1. The van der Waals surface area contributed by atoms with Crippen molar-refractivity contribution >= 4 is 22.4 Å². The molecule has 17 heavy (non-hydrogen) atoms. The summed E-state index contributed by atoms with van der Waals surface area (Å²) in [6.07, 6.45) is 1.08. The molecular weight excluding hydrogens is 236 g/mol. The van der Waals surface area contributed by atoms with E-state index in [1.165, 1.54) is 18.4 Å². The highest BCUT2D eigenvalue weighted by atomic mass is 32.1. The number of hydrogen-bond acceptors (Lipinski definition) is 5. The number of aromatic nitrogens is 1. The number of thiazole rings is 1. The molecule has 0 amide bonds. The van der Waals surface area contributed by atoms with E-state index >= 15 is 0 Å². The molecule has 0 aromatic carbocycles. The van der Waals surface area contributed by atoms with Crippen LogP contribution < -0.4 is 5.32 Å². The fourth-order valence-corrected chi connectivity index (χ4v) is 2.71. The number of nitrogens with one attached hydrogen (secondary N) is 1. The summed E-state index contributed by atoms with van der Waals surface area (Å²) in [7, 11) is 1.38. The number of methoxy groups -OCH3 is 1. The molecule has 0 aliphatic carbocycles. The minimum Gasteiger partial charge on any atom is -0.465 e. The molecule has 1 heterocycles. The summed E-state index contributed by atoms with van der Waals surface area (Å²) in [4.78, 5) is 16.3. The van der Waals surface area contributed by atoms with Crippen molar-refractivity contribution in [3.8, 4) is 0 Å². The van der Waals surface area contributed by atoms with E-state index in [4.69, 9.17) is 4.74 Å². The molecule has 4 nitrogen and oxygen atoms in total. The predicted octanol–water partition coefficient (Wildman–Crippen LogP) is 3.08. The second-order valence-corrected chi connectivity index (χ2v) is 5.60. The number of rotatable bonds is 5. The molecule has 5 heteroatoms. The monoisotopic (exact) mass is 256 g/mol. The summed E-state index contributed by atoms with van der Waals surface area (Å²) >= 11 is 1.35. The Morgan fingerprint density at radius 1 is 1.47 bits per heavy atom. The van der Waals surface area contributed by atoms with Crippen molar-refractivity contribution in [2.45, 2.75) is 40.2 Å². The summed E-state index contributed by atoms with van der Waals surface area (Å²) in [6, 6.07) is 0.353. The Hall–Kier alpha value is -1.10. The predicted molar refractivity (Wildman–Crippen MR) is 70.7 cm³/mol. The molecule has 96 valence electrons. The van der Waals surface area contributed by atoms with Gasteiger partial charge in [0.2, 0.25) is 0 Å². The van der Waals surface area contributed by atoms with E-state index in [0.717, 1.165) is 17.2 Å². The topological polar surface area (TPSA) is 51.2 Å². The molecule has 0 saturated carbocycles. The van der Waals surface area contributed by atoms with Gasteiger partial charge in [0, 0.05) is 6.04 Å². The van der Waals surface area contributed by atoms with Gasteiger partial charge in [-0.15, -0.1) is 0 Å². The number of esters is 1. The van der Waals surface area contributed by atoms with Crippen LogP contribution in [0.2, 0.25) is 0 Å². The Kier molecular flexibility index (Phi) is 4.93. The van der Waals surface area contributed by atoms with Crippen LogP contribution in [0.5, 0.6) is 0 Å². The first-order valence-electron chi connectivity index (χ1n) is 5.76. The van der Waals surface area contributed by atoms with Crippen LogP contribution in [0.25, 0.3) is 0 Å². The Bertz CT molecular complexity index is 388. The fraction of sp³-hybridized carbons (Fsp3) is 0.667. The van der Waals surface area contributed by atoms with Crippen molar-refractivity contribution in [2.75, 3.05) is 12.4 Å². The first-order chi connectivity index (χ1) is 7.93. The molecule has 0 aliphatic heterocycles. The van der Waals surface area contributed by atoms with Crippen LogP contribution in [0.1, 0.15) is 42.6 Å². The first kappa shape index (κ1) is 14.0. The highest BCUT2D eigenvalue weighted by molar-refractivity contribution is 7.17. The molecule has 0 bridgehead atoms. The number of ether oxygens (including phenoxy) is 1. The molecule has 1 unspecified atom stereocenters. The van der Waals surface area contributed by atoms with Crippen LogP contribution in [0.3, 0.4) is 0 Å². The van der Waals surface area contributed by atoms with E-state index in [0.29, 0.717) is 16.8 Å². The van der Waals surface area contributed by atoms with E-state index in [-0.39, 0.29) is 5.97 Å². The minimum atomic E-state index is -0.315. The van der Waals surface area contributed by atoms with Gasteiger partial charge in [-0.25, -0.2) is 9.78 Å². The summed E-state index contributed by atoms with van der Waals surface area (Å²) in [5, 5.41) is 4.10. The summed E-state index contributed by atoms with van der Waals surface area (Å²) in [6.45, 7) is 8.31. The molecule has 0 aliphatic rings. The summed E-state index contributed by atoms with van der Waals surface area (Å²) < 4.78 is 4.70. The van der Waals surface area contributed by atoms with E-state index < -0.39 is 0 Å². The second-order valence-electron chi connectivity index (χ2n) is 4.60. The van der Waals surface area contributed by atoms with Crippen molar-refractivity contribution < 1.29 is 9.53 Å². The summed E-state index contributed by atoms with van der Waals surface area (Å²) in [5.41, 5.74) is 0.723. The third kappa shape index (κ3) is 4.00. The Balaban J connectivity index is 2.70. The van der Waals surface area contributed by atoms with Gasteiger partial charge in [-0.3, -0.25) is 0 Å². The van der Waals surface area contributed by atoms with E-state index in [9.17, 15) is 4.79 Å². The Morgan fingerprint density at radius 2 is 2.12 bits per heavy atom. The van der Waals surface area contributed by atoms with Gasteiger partial charge in [-0.05, 0) is 26.2 Å². The molecule has 0 spiro atoms. The van der Waals surface area contributed by atoms with Crippen molar-refractivity contribution in [1.82, 2.24) is 4.98 Å². The SMILES string of the molecule is COC(=O)c1sc(NC(C)CC(C)C)nc1C. The Labute approximate surface area is 106 Å². The number of nitrogens with zero attached hydrogens (tertiary/aromatic N) is 1. The van der Waals surface area contributed by atoms with E-state index in [2.05, 4.69) is 31.1 Å². The van der Waals surface area contributed by atoms with Crippen molar-refractivity contribution in [2.24, 2.45) is 5.92 Å². The van der Waals surface area contributed by atoms with E-state index in [1.807, 2.05) is 6.92 Å². The van der Waals surface area contributed by atoms with Gasteiger partial charge >= 0.3 is 5.97 Å². The Morgan fingerprint density at radius 3 is 2.65 bits per heavy atom. The molecule has 0 saturated heterocycles. The fourth-order valence-electron chi connectivity index (χ4n) is 1.72. The molecule has 1 rings (SSSR count). The van der Waals surface area contributed by atoms with Crippen LogP contribution in [0.15, 0.2) is 0 Å². The lowest BCUT2D eigenvalue weighted by Gasteiger charge is -2.14. The zero-order chi connectivity index (χ0) is 13.0. The normalized spacial score (nSPS) is 12.6. The van der Waals surface area contributed by atoms with Crippen molar-refractivity contribution in [1.29, 1.82) is 0 Å². The third-order valence-electron chi connectivity index (χ3n) is 2.36. The van der Waals surface area contributed by atoms with Crippen LogP contribution in [-0.2, 0) is 4.74 Å². The smallest absolute Gasteiger partial charge is 0.350 e. The zero-order valence-corrected chi connectivity index (χ0v) is 11.9. The maximum absolute atomic E-state index is 11.4. The number of carbonyl (C=O) groups excluding carboxylic acids is 1. The highest BCUT2D eigenvalue weighted by Crippen LogP contribution is 2.24. The molecule has 1 N–H and O–H groups in total. The van der Waals surface area contributed by atoms with E-state index in [1.54, 1.807) is 0 Å². The molecule has 0 fully saturated rings. The first-order valence-corrected chi connectivity index (χ1v) is 6.58. The minimum absolute atomic E-state index is 0.315. The van der Waals surface area contributed by atoms with Gasteiger partial charge in [-0.2, -0.15) is 0 Å². The lowest BCUT2D eigenvalue weighted by molar-refractivity contribution is 0.0605. The molecule has 0 radical (unpaired) electrons. The van der Waals surface area contributed by atoms with Gasteiger partial charge < -0.3 is 10.1 Å². The third-order valence-corrected chi connectivity index (χ3v) is 3.43. The molecular formula is C12H20N2O2S. The second kappa shape index (κ2) is 6.00. The lowest BCUT2D eigenvalue weighted by atomic mass is 10.1. The maximum atomic E-state index is 11.4. The van der Waals surface area contributed by atoms with Crippen LogP contribution >= 0.6 is 11.3 Å². The van der Waals surface area contributed by atoms with Crippen LogP contribution in [-0.4, -0.2) is 24.1 Å². The van der Waals surface area contributed by atoms with Gasteiger partial charge in [0.05, 0.1) is 12.8 Å². The van der Waals surface area contributed by atoms with Crippen molar-refractivity contribution in [3.05, 3.63) is 10.6 Å². The standard InChI is InChI=1S/C12H20N2O2S/c1-7(2)6-8(3)13-12-14-9(4)10(17-12)11(15)16-5/h7-8H,6H2,1-5H3,(H,13,14). The molecule has 1 aromatic heterocycles. The zero-order valence-electron chi connectivity index (χ0n) is 11.0. The quantitative estimate of drug-likeness (QED) is 0.823. The van der Waals surface area contributed by atoms with Crippen LogP contribution in [0, 0.1) is 12.8 Å². The maximum Gasteiger partial charge on any atom is 0.350 e. The number of anilines is 1. The lowest BCUT2D eigenvalue weighted by Crippen LogP contribution is -2.17. The highest BCUT2D eigenvalue weighted by Gasteiger charge is 2.16. The van der Waals surface area contributed by atoms with Gasteiger partial charge in [0.1, 0.15) is 4.88 Å². The van der Waals surface area contributed by atoms with Gasteiger partial charge in [0.15, 0.2) is 5.13 Å². The molecule has 1 aromatic rings. The number of aryl methyl sites for hydroxylation is 1. The van der Waals surface area contributed by atoms with Crippen LogP contribution in [0.4, 0.5) is 5.13 Å². The van der Waals surface area contributed by atoms with Gasteiger partial charge in [-0.1, -0.05) is 25.2 Å². The van der Waals surface area contributed by atoms with Gasteiger partial charge in [0.25, 0.3) is 0 Å². The average molecular weight is 256 g/mol. The van der Waals surface area contributed by atoms with Crippen molar-refractivity contribution in [3.63, 3.8) is 0 Å². The summed E-state index contributed by atoms with van der Waals surface area (Å²) in [5.74, 6) is 0.322. The number of hydrogen-bond donors (Lipinski definition) is 1. The average Bonchev–Trinajstić information content (AvgIpc) is 2.56.